The molecule has 3 aromatic rings. The molecule has 1 aliphatic heterocycles. The lowest BCUT2D eigenvalue weighted by Crippen LogP contribution is -2.36. The van der Waals surface area contributed by atoms with Crippen LogP contribution in [0.4, 0.5) is 17.3 Å². The lowest BCUT2D eigenvalue weighted by atomic mass is 10.1. The molecule has 0 aliphatic carbocycles. The van der Waals surface area contributed by atoms with Crippen LogP contribution >= 0.6 is 0 Å². The van der Waals surface area contributed by atoms with Crippen LogP contribution in [0.1, 0.15) is 22.8 Å². The van der Waals surface area contributed by atoms with Crippen LogP contribution in [-0.4, -0.2) is 65.3 Å². The van der Waals surface area contributed by atoms with Crippen molar-refractivity contribution in [2.45, 2.75) is 13.3 Å². The van der Waals surface area contributed by atoms with Crippen molar-refractivity contribution in [1.82, 2.24) is 19.8 Å². The van der Waals surface area contributed by atoms with Crippen molar-refractivity contribution < 1.29 is 9.59 Å². The quantitative estimate of drug-likeness (QED) is 0.581. The number of carbonyl (C=O) groups excluding carboxylic acids is 2. The SMILES string of the molecule is CCN(CCN(C)C)C(=O)c1ccc(Nc2ncc3c(n2)-c2ccccc2NC(=O)C3)cc1. The molecule has 0 atom stereocenters. The van der Waals surface area contributed by atoms with E-state index in [1.54, 1.807) is 6.20 Å². The molecule has 0 saturated carbocycles. The van der Waals surface area contributed by atoms with Crippen LogP contribution in [0.2, 0.25) is 0 Å². The van der Waals surface area contributed by atoms with Gasteiger partial charge in [-0.05, 0) is 51.4 Å². The molecule has 1 aromatic heterocycles. The normalized spacial score (nSPS) is 12.4. The number of carbonyl (C=O) groups is 2. The number of para-hydroxylation sites is 1. The third-order valence-electron chi connectivity index (χ3n) is 5.55. The topological polar surface area (TPSA) is 90.5 Å². The zero-order valence-corrected chi connectivity index (χ0v) is 19.1. The van der Waals surface area contributed by atoms with E-state index in [0.717, 1.165) is 34.7 Å². The summed E-state index contributed by atoms with van der Waals surface area (Å²) in [7, 11) is 3.99. The second kappa shape index (κ2) is 9.79. The van der Waals surface area contributed by atoms with Crippen molar-refractivity contribution in [3.63, 3.8) is 0 Å². The van der Waals surface area contributed by atoms with Crippen LogP contribution in [0.15, 0.2) is 54.7 Å². The van der Waals surface area contributed by atoms with Gasteiger partial charge in [0.2, 0.25) is 11.9 Å². The van der Waals surface area contributed by atoms with Gasteiger partial charge in [0.1, 0.15) is 0 Å². The van der Waals surface area contributed by atoms with E-state index in [2.05, 4.69) is 25.5 Å². The fourth-order valence-corrected chi connectivity index (χ4v) is 3.73. The Morgan fingerprint density at radius 3 is 2.58 bits per heavy atom. The van der Waals surface area contributed by atoms with Gasteiger partial charge in [-0.3, -0.25) is 9.59 Å². The number of hydrogen-bond acceptors (Lipinski definition) is 6. The van der Waals surface area contributed by atoms with E-state index in [1.807, 2.05) is 74.4 Å². The number of aromatic nitrogens is 2. The molecule has 0 radical (unpaired) electrons. The van der Waals surface area contributed by atoms with Gasteiger partial charge in [0, 0.05) is 48.2 Å². The molecule has 2 heterocycles. The minimum Gasteiger partial charge on any atom is -0.338 e. The van der Waals surface area contributed by atoms with Crippen molar-refractivity contribution in [2.75, 3.05) is 44.4 Å². The van der Waals surface area contributed by atoms with Gasteiger partial charge in [-0.25, -0.2) is 9.97 Å². The van der Waals surface area contributed by atoms with E-state index in [0.29, 0.717) is 24.6 Å². The Bertz CT molecular complexity index is 1160. The Balaban J connectivity index is 1.52. The Kier molecular flexibility index (Phi) is 6.65. The van der Waals surface area contributed by atoms with Crippen molar-refractivity contribution in [1.29, 1.82) is 0 Å². The van der Waals surface area contributed by atoms with E-state index >= 15 is 0 Å². The van der Waals surface area contributed by atoms with Gasteiger partial charge in [-0.15, -0.1) is 0 Å². The van der Waals surface area contributed by atoms with Gasteiger partial charge in [-0.1, -0.05) is 18.2 Å². The Labute approximate surface area is 193 Å². The Hall–Kier alpha value is -3.78. The number of anilines is 3. The minimum atomic E-state index is -0.0857. The molecule has 2 aromatic carbocycles. The van der Waals surface area contributed by atoms with Crippen molar-refractivity contribution >= 4 is 29.1 Å². The maximum atomic E-state index is 12.8. The van der Waals surface area contributed by atoms with Crippen molar-refractivity contribution in [3.05, 3.63) is 65.9 Å². The molecular formula is C25H28N6O2. The number of hydrogen-bond donors (Lipinski definition) is 2. The van der Waals surface area contributed by atoms with Gasteiger partial charge >= 0.3 is 0 Å². The number of benzene rings is 2. The van der Waals surface area contributed by atoms with Gasteiger partial charge in [0.05, 0.1) is 17.8 Å². The van der Waals surface area contributed by atoms with Gasteiger partial charge in [-0.2, -0.15) is 0 Å². The summed E-state index contributed by atoms with van der Waals surface area (Å²) in [6, 6.07) is 14.9. The predicted octanol–water partition coefficient (Wildman–Crippen LogP) is 3.41. The number of rotatable bonds is 7. The lowest BCUT2D eigenvalue weighted by Gasteiger charge is -2.23. The molecule has 0 unspecified atom stereocenters. The summed E-state index contributed by atoms with van der Waals surface area (Å²) in [5.74, 6) is 0.358. The van der Waals surface area contributed by atoms with E-state index in [1.165, 1.54) is 0 Å². The molecule has 0 spiro atoms. The third-order valence-corrected chi connectivity index (χ3v) is 5.55. The number of amides is 2. The Morgan fingerprint density at radius 1 is 1.09 bits per heavy atom. The average Bonchev–Trinajstić information content (AvgIpc) is 2.95. The maximum Gasteiger partial charge on any atom is 0.253 e. The summed E-state index contributed by atoms with van der Waals surface area (Å²) in [6.07, 6.45) is 1.91. The maximum absolute atomic E-state index is 12.8. The monoisotopic (exact) mass is 444 g/mol. The molecule has 4 rings (SSSR count). The average molecular weight is 445 g/mol. The number of nitrogens with zero attached hydrogens (tertiary/aromatic N) is 4. The molecule has 0 saturated heterocycles. The van der Waals surface area contributed by atoms with Gasteiger partial charge in [0.25, 0.3) is 5.91 Å². The molecule has 8 nitrogen and oxygen atoms in total. The summed E-state index contributed by atoms with van der Waals surface area (Å²) < 4.78 is 0. The van der Waals surface area contributed by atoms with E-state index < -0.39 is 0 Å². The molecular weight excluding hydrogens is 416 g/mol. The highest BCUT2D eigenvalue weighted by molar-refractivity contribution is 6.00. The number of nitrogens with one attached hydrogen (secondary N) is 2. The van der Waals surface area contributed by atoms with Crippen LogP contribution < -0.4 is 10.6 Å². The summed E-state index contributed by atoms with van der Waals surface area (Å²) >= 11 is 0. The molecule has 8 heteroatoms. The highest BCUT2D eigenvalue weighted by atomic mass is 16.2. The van der Waals surface area contributed by atoms with Crippen LogP contribution in [0.25, 0.3) is 11.3 Å². The smallest absolute Gasteiger partial charge is 0.253 e. The summed E-state index contributed by atoms with van der Waals surface area (Å²) in [5.41, 5.74) is 4.53. The predicted molar refractivity (Wildman–Crippen MR) is 130 cm³/mol. The highest BCUT2D eigenvalue weighted by Crippen LogP contribution is 2.32. The van der Waals surface area contributed by atoms with Gasteiger partial charge in [0.15, 0.2) is 0 Å². The minimum absolute atomic E-state index is 0.0148. The van der Waals surface area contributed by atoms with E-state index in [-0.39, 0.29) is 18.2 Å². The van der Waals surface area contributed by atoms with Crippen LogP contribution in [0.3, 0.4) is 0 Å². The second-order valence-electron chi connectivity index (χ2n) is 8.23. The number of likely N-dealkylation sites (N-methyl/N-ethyl adjacent to an activating group) is 2. The first kappa shape index (κ1) is 22.4. The standard InChI is InChI=1S/C25H28N6O2/c1-4-31(14-13-30(2)3)24(33)17-9-11-19(12-10-17)27-25-26-16-18-15-22(32)28-21-8-6-5-7-20(21)23(18)29-25/h5-12,16H,4,13-15H2,1-3H3,(H,28,32)(H,26,27,29). The molecule has 170 valence electrons. The first-order chi connectivity index (χ1) is 15.9. The molecule has 2 N–H and O–H groups in total. The van der Waals surface area contributed by atoms with Crippen LogP contribution in [0, 0.1) is 0 Å². The first-order valence-corrected chi connectivity index (χ1v) is 11.0. The third kappa shape index (κ3) is 5.18. The number of fused-ring (bicyclic) bond motifs is 3. The summed E-state index contributed by atoms with van der Waals surface area (Å²) in [5, 5.41) is 6.13. The lowest BCUT2D eigenvalue weighted by molar-refractivity contribution is -0.115. The van der Waals surface area contributed by atoms with Crippen molar-refractivity contribution in [3.8, 4) is 11.3 Å². The molecule has 0 fully saturated rings. The fraction of sp³-hybridized carbons (Fsp3) is 0.280. The molecule has 0 bridgehead atoms. The fourth-order valence-electron chi connectivity index (χ4n) is 3.73. The van der Waals surface area contributed by atoms with Gasteiger partial charge < -0.3 is 20.4 Å². The van der Waals surface area contributed by atoms with Crippen LogP contribution in [-0.2, 0) is 11.2 Å². The molecule has 33 heavy (non-hydrogen) atoms. The summed E-state index contributed by atoms with van der Waals surface area (Å²) in [6.45, 7) is 4.15. The zero-order chi connectivity index (χ0) is 23.4. The van der Waals surface area contributed by atoms with E-state index in [9.17, 15) is 9.59 Å². The van der Waals surface area contributed by atoms with Crippen LogP contribution in [0.5, 0.6) is 0 Å². The zero-order valence-electron chi connectivity index (χ0n) is 19.1. The second-order valence-corrected chi connectivity index (χ2v) is 8.23. The van der Waals surface area contributed by atoms with Crippen molar-refractivity contribution in [2.24, 2.45) is 0 Å². The molecule has 2 amide bonds. The first-order valence-electron chi connectivity index (χ1n) is 11.0. The summed E-state index contributed by atoms with van der Waals surface area (Å²) in [4.78, 5) is 38.0. The largest absolute Gasteiger partial charge is 0.338 e. The molecule has 1 aliphatic rings. The van der Waals surface area contributed by atoms with E-state index in [4.69, 9.17) is 0 Å². The Morgan fingerprint density at radius 2 is 1.85 bits per heavy atom. The highest BCUT2D eigenvalue weighted by Gasteiger charge is 2.21.